The van der Waals surface area contributed by atoms with E-state index in [9.17, 15) is 9.59 Å². The fraction of sp³-hybridized carbons (Fsp3) is 0.833. The van der Waals surface area contributed by atoms with Crippen molar-refractivity contribution in [3.05, 3.63) is 0 Å². The molecule has 0 aromatic carbocycles. The van der Waals surface area contributed by atoms with Gasteiger partial charge in [-0.1, -0.05) is 20.8 Å². The van der Waals surface area contributed by atoms with Crippen LogP contribution in [0.2, 0.25) is 0 Å². The van der Waals surface area contributed by atoms with Crippen LogP contribution in [0.4, 0.5) is 4.79 Å². The summed E-state index contributed by atoms with van der Waals surface area (Å²) in [5.41, 5.74) is 0. The number of nitrogens with one attached hydrogen (secondary N) is 1. The number of carbonyl (C=O) groups is 2. The first-order chi connectivity index (χ1) is 7.88. The predicted molar refractivity (Wildman–Crippen MR) is 66.9 cm³/mol. The second kappa shape index (κ2) is 7.92. The van der Waals surface area contributed by atoms with Crippen LogP contribution in [0.25, 0.3) is 0 Å². The predicted octanol–water partition coefficient (Wildman–Crippen LogP) is 1.78. The Bertz CT molecular complexity index is 254. The molecule has 0 saturated carbocycles. The summed E-state index contributed by atoms with van der Waals surface area (Å²) >= 11 is 0. The molecule has 5 heteroatoms. The standard InChI is InChI=1S/C12H24N2O3/c1-5-14(8-9(2)3)12(17)13-7-6-10(4)11(15)16/h9-10H,5-8H2,1-4H3,(H,13,17)(H,15,16). The minimum atomic E-state index is -0.825. The van der Waals surface area contributed by atoms with Crippen molar-refractivity contribution < 1.29 is 14.7 Å². The zero-order chi connectivity index (χ0) is 13.4. The molecule has 0 saturated heterocycles. The largest absolute Gasteiger partial charge is 0.481 e. The van der Waals surface area contributed by atoms with Gasteiger partial charge in [-0.15, -0.1) is 0 Å². The van der Waals surface area contributed by atoms with Gasteiger partial charge in [0.1, 0.15) is 0 Å². The number of carbonyl (C=O) groups excluding carboxylic acids is 1. The summed E-state index contributed by atoms with van der Waals surface area (Å²) in [5.74, 6) is -0.817. The molecule has 0 bridgehead atoms. The van der Waals surface area contributed by atoms with Crippen molar-refractivity contribution >= 4 is 12.0 Å². The third-order valence-electron chi connectivity index (χ3n) is 2.53. The Balaban J connectivity index is 3.94. The van der Waals surface area contributed by atoms with Gasteiger partial charge in [0.2, 0.25) is 0 Å². The highest BCUT2D eigenvalue weighted by molar-refractivity contribution is 5.74. The molecule has 1 unspecified atom stereocenters. The average molecular weight is 244 g/mol. The van der Waals surface area contributed by atoms with Crippen LogP contribution in [0.5, 0.6) is 0 Å². The molecule has 1 atom stereocenters. The van der Waals surface area contributed by atoms with Crippen LogP contribution in [-0.4, -0.2) is 41.6 Å². The molecule has 0 aliphatic rings. The van der Waals surface area contributed by atoms with Crippen LogP contribution < -0.4 is 5.32 Å². The number of carboxylic acid groups (broad SMARTS) is 1. The van der Waals surface area contributed by atoms with Gasteiger partial charge in [-0.25, -0.2) is 4.79 Å². The van der Waals surface area contributed by atoms with Crippen molar-refractivity contribution in [2.45, 2.75) is 34.1 Å². The molecule has 0 heterocycles. The van der Waals surface area contributed by atoms with E-state index in [1.807, 2.05) is 6.92 Å². The lowest BCUT2D eigenvalue weighted by Gasteiger charge is -2.23. The van der Waals surface area contributed by atoms with E-state index in [0.29, 0.717) is 25.4 Å². The zero-order valence-electron chi connectivity index (χ0n) is 11.2. The van der Waals surface area contributed by atoms with E-state index in [1.54, 1.807) is 11.8 Å². The number of nitrogens with zero attached hydrogens (tertiary/aromatic N) is 1. The summed E-state index contributed by atoms with van der Waals surface area (Å²) < 4.78 is 0. The molecular weight excluding hydrogens is 220 g/mol. The van der Waals surface area contributed by atoms with Crippen molar-refractivity contribution in [1.29, 1.82) is 0 Å². The topological polar surface area (TPSA) is 69.6 Å². The quantitative estimate of drug-likeness (QED) is 0.717. The van der Waals surface area contributed by atoms with Gasteiger partial charge in [-0.05, 0) is 19.3 Å². The maximum absolute atomic E-state index is 11.7. The molecule has 2 N–H and O–H groups in total. The minimum Gasteiger partial charge on any atom is -0.481 e. The molecule has 0 aliphatic heterocycles. The summed E-state index contributed by atoms with van der Waals surface area (Å²) in [5, 5.41) is 11.4. The summed E-state index contributed by atoms with van der Waals surface area (Å²) in [6.45, 7) is 9.48. The van der Waals surface area contributed by atoms with Crippen LogP contribution in [0.15, 0.2) is 0 Å². The molecule has 2 amide bonds. The van der Waals surface area contributed by atoms with Crippen molar-refractivity contribution in [2.75, 3.05) is 19.6 Å². The SMILES string of the molecule is CCN(CC(C)C)C(=O)NCCC(C)C(=O)O. The molecule has 0 aliphatic carbocycles. The van der Waals surface area contributed by atoms with Crippen molar-refractivity contribution in [2.24, 2.45) is 11.8 Å². The van der Waals surface area contributed by atoms with E-state index < -0.39 is 11.9 Å². The highest BCUT2D eigenvalue weighted by atomic mass is 16.4. The van der Waals surface area contributed by atoms with E-state index in [4.69, 9.17) is 5.11 Å². The van der Waals surface area contributed by atoms with Gasteiger partial charge in [0.15, 0.2) is 0 Å². The first-order valence-corrected chi connectivity index (χ1v) is 6.14. The Labute approximate surface area is 103 Å². The van der Waals surface area contributed by atoms with Gasteiger partial charge >= 0.3 is 12.0 Å². The van der Waals surface area contributed by atoms with E-state index in [2.05, 4.69) is 19.2 Å². The lowest BCUT2D eigenvalue weighted by Crippen LogP contribution is -2.42. The number of rotatable bonds is 7. The maximum Gasteiger partial charge on any atom is 0.317 e. The molecule has 100 valence electrons. The van der Waals surface area contributed by atoms with Crippen molar-refractivity contribution in [3.8, 4) is 0 Å². The highest BCUT2D eigenvalue weighted by Crippen LogP contribution is 2.01. The number of carboxylic acids is 1. The normalized spacial score (nSPS) is 12.3. The first kappa shape index (κ1) is 15.7. The molecule has 0 radical (unpaired) electrons. The summed E-state index contributed by atoms with van der Waals surface area (Å²) in [7, 11) is 0. The molecule has 0 rings (SSSR count). The molecular formula is C12H24N2O3. The fourth-order valence-corrected chi connectivity index (χ4v) is 1.43. The van der Waals surface area contributed by atoms with Gasteiger partial charge in [0.05, 0.1) is 5.92 Å². The molecule has 0 spiro atoms. The van der Waals surface area contributed by atoms with Crippen LogP contribution in [0.1, 0.15) is 34.1 Å². The summed E-state index contributed by atoms with van der Waals surface area (Å²) in [6, 6.07) is -0.112. The number of aliphatic carboxylic acids is 1. The van der Waals surface area contributed by atoms with Gasteiger partial charge in [0, 0.05) is 19.6 Å². The van der Waals surface area contributed by atoms with E-state index in [1.165, 1.54) is 0 Å². The second-order valence-electron chi connectivity index (χ2n) is 4.69. The molecule has 5 nitrogen and oxygen atoms in total. The average Bonchev–Trinajstić information content (AvgIpc) is 2.24. The Kier molecular flexibility index (Phi) is 7.34. The highest BCUT2D eigenvalue weighted by Gasteiger charge is 2.14. The van der Waals surface area contributed by atoms with Gasteiger partial charge < -0.3 is 15.3 Å². The third kappa shape index (κ3) is 6.81. The van der Waals surface area contributed by atoms with Crippen LogP contribution in [-0.2, 0) is 4.79 Å². The van der Waals surface area contributed by atoms with E-state index >= 15 is 0 Å². The van der Waals surface area contributed by atoms with Crippen molar-refractivity contribution in [3.63, 3.8) is 0 Å². The minimum absolute atomic E-state index is 0.112. The summed E-state index contributed by atoms with van der Waals surface area (Å²) in [6.07, 6.45) is 0.459. The Morgan fingerprint density at radius 3 is 2.29 bits per heavy atom. The number of urea groups is 1. The number of hydrogen-bond acceptors (Lipinski definition) is 2. The Morgan fingerprint density at radius 1 is 1.29 bits per heavy atom. The van der Waals surface area contributed by atoms with Crippen molar-refractivity contribution in [1.82, 2.24) is 10.2 Å². The first-order valence-electron chi connectivity index (χ1n) is 6.14. The van der Waals surface area contributed by atoms with Crippen LogP contribution >= 0.6 is 0 Å². The molecule has 0 aromatic rings. The number of amides is 2. The fourth-order valence-electron chi connectivity index (χ4n) is 1.43. The van der Waals surface area contributed by atoms with Crippen LogP contribution in [0.3, 0.4) is 0 Å². The Morgan fingerprint density at radius 2 is 1.88 bits per heavy atom. The van der Waals surface area contributed by atoms with Gasteiger partial charge in [0.25, 0.3) is 0 Å². The second-order valence-corrected chi connectivity index (χ2v) is 4.69. The maximum atomic E-state index is 11.7. The summed E-state index contributed by atoms with van der Waals surface area (Å²) in [4.78, 5) is 24.0. The van der Waals surface area contributed by atoms with Gasteiger partial charge in [-0.3, -0.25) is 4.79 Å². The van der Waals surface area contributed by atoms with Crippen LogP contribution in [0, 0.1) is 11.8 Å². The van der Waals surface area contributed by atoms with E-state index in [0.717, 1.165) is 6.54 Å². The lowest BCUT2D eigenvalue weighted by molar-refractivity contribution is -0.141. The zero-order valence-corrected chi connectivity index (χ0v) is 11.2. The van der Waals surface area contributed by atoms with E-state index in [-0.39, 0.29) is 6.03 Å². The monoisotopic (exact) mass is 244 g/mol. The Hall–Kier alpha value is -1.26. The van der Waals surface area contributed by atoms with Gasteiger partial charge in [-0.2, -0.15) is 0 Å². The third-order valence-corrected chi connectivity index (χ3v) is 2.53. The lowest BCUT2D eigenvalue weighted by atomic mass is 10.1. The smallest absolute Gasteiger partial charge is 0.317 e. The number of hydrogen-bond donors (Lipinski definition) is 2. The molecule has 0 fully saturated rings. The molecule has 17 heavy (non-hydrogen) atoms. The molecule has 0 aromatic heterocycles.